The molecule has 1 amide bonds. The molecule has 2 aromatic carbocycles. The number of fused-ring (bicyclic) bond motifs is 1. The lowest BCUT2D eigenvalue weighted by Crippen LogP contribution is -2.16. The summed E-state index contributed by atoms with van der Waals surface area (Å²) < 4.78 is 1.82. The highest BCUT2D eigenvalue weighted by Crippen LogP contribution is 2.31. The standard InChI is InChI=1S/C22H18N4O3/c1-14-8-7-13-25-20(14)23-19(16-9-4-3-5-10-16)21(25)24-22(27)17-11-6-12-18(15(17)2)26(28)29/h3-13H,1-2H3,(H,24,27). The maximum Gasteiger partial charge on any atom is 0.273 e. The molecule has 7 heteroatoms. The maximum absolute atomic E-state index is 13.0. The van der Waals surface area contributed by atoms with E-state index >= 15 is 0 Å². The average Bonchev–Trinajstić information content (AvgIpc) is 3.08. The Morgan fingerprint density at radius 2 is 1.79 bits per heavy atom. The fourth-order valence-corrected chi connectivity index (χ4v) is 3.36. The number of benzene rings is 2. The van der Waals surface area contributed by atoms with Crippen LogP contribution in [0.25, 0.3) is 16.9 Å². The number of anilines is 1. The average molecular weight is 386 g/mol. The van der Waals surface area contributed by atoms with Crippen LogP contribution < -0.4 is 5.32 Å². The van der Waals surface area contributed by atoms with Crippen LogP contribution in [-0.2, 0) is 0 Å². The van der Waals surface area contributed by atoms with Gasteiger partial charge in [-0.15, -0.1) is 0 Å². The molecule has 0 fully saturated rings. The summed E-state index contributed by atoms with van der Waals surface area (Å²) in [6.45, 7) is 3.53. The Morgan fingerprint density at radius 3 is 2.52 bits per heavy atom. The topological polar surface area (TPSA) is 89.5 Å². The number of rotatable bonds is 4. The van der Waals surface area contributed by atoms with Gasteiger partial charge >= 0.3 is 0 Å². The molecule has 0 aliphatic heterocycles. The summed E-state index contributed by atoms with van der Waals surface area (Å²) in [4.78, 5) is 28.5. The van der Waals surface area contributed by atoms with Crippen molar-refractivity contribution < 1.29 is 9.72 Å². The van der Waals surface area contributed by atoms with Crippen LogP contribution in [0.3, 0.4) is 0 Å². The molecule has 2 aromatic heterocycles. The lowest BCUT2D eigenvalue weighted by Gasteiger charge is -2.10. The third-order valence-electron chi connectivity index (χ3n) is 4.87. The molecule has 1 N–H and O–H groups in total. The number of nitrogens with one attached hydrogen (secondary N) is 1. The molecule has 29 heavy (non-hydrogen) atoms. The van der Waals surface area contributed by atoms with Crippen LogP contribution in [0.1, 0.15) is 21.5 Å². The van der Waals surface area contributed by atoms with Crippen LogP contribution >= 0.6 is 0 Å². The summed E-state index contributed by atoms with van der Waals surface area (Å²) in [5, 5.41) is 14.1. The van der Waals surface area contributed by atoms with Gasteiger partial charge in [0, 0.05) is 29.0 Å². The molecule has 0 saturated carbocycles. The molecule has 4 aromatic rings. The number of pyridine rings is 1. The maximum atomic E-state index is 13.0. The van der Waals surface area contributed by atoms with Crippen molar-refractivity contribution in [1.82, 2.24) is 9.38 Å². The molecule has 0 spiro atoms. The number of imidazole rings is 1. The number of hydrogen-bond acceptors (Lipinski definition) is 4. The number of aryl methyl sites for hydroxylation is 1. The van der Waals surface area contributed by atoms with E-state index in [2.05, 4.69) is 5.32 Å². The van der Waals surface area contributed by atoms with Crippen molar-refractivity contribution in [2.24, 2.45) is 0 Å². The van der Waals surface area contributed by atoms with Gasteiger partial charge in [-0.25, -0.2) is 4.98 Å². The molecule has 144 valence electrons. The summed E-state index contributed by atoms with van der Waals surface area (Å²) in [7, 11) is 0. The third-order valence-corrected chi connectivity index (χ3v) is 4.87. The van der Waals surface area contributed by atoms with E-state index in [4.69, 9.17) is 4.98 Å². The fraction of sp³-hybridized carbons (Fsp3) is 0.0909. The zero-order valence-corrected chi connectivity index (χ0v) is 15.9. The second-order valence-electron chi connectivity index (χ2n) is 6.72. The van der Waals surface area contributed by atoms with E-state index in [1.165, 1.54) is 12.1 Å². The van der Waals surface area contributed by atoms with Gasteiger partial charge in [-0.3, -0.25) is 19.3 Å². The Kier molecular flexibility index (Phi) is 4.56. The number of carbonyl (C=O) groups excluding carboxylic acids is 1. The van der Waals surface area contributed by atoms with E-state index in [0.29, 0.717) is 17.1 Å². The Labute approximate surface area is 166 Å². The van der Waals surface area contributed by atoms with Gasteiger partial charge in [-0.1, -0.05) is 42.5 Å². The Morgan fingerprint density at radius 1 is 1.03 bits per heavy atom. The first-order chi connectivity index (χ1) is 14.0. The second kappa shape index (κ2) is 7.20. The Hall–Kier alpha value is -4.00. The van der Waals surface area contributed by atoms with Crippen molar-refractivity contribution in [3.05, 3.63) is 93.7 Å². The molecule has 0 saturated heterocycles. The predicted molar refractivity (Wildman–Crippen MR) is 111 cm³/mol. The first kappa shape index (κ1) is 18.4. The van der Waals surface area contributed by atoms with Gasteiger partial charge in [0.25, 0.3) is 11.6 Å². The normalized spacial score (nSPS) is 10.8. The summed E-state index contributed by atoms with van der Waals surface area (Å²) in [5.41, 5.74) is 3.68. The summed E-state index contributed by atoms with van der Waals surface area (Å²) >= 11 is 0. The van der Waals surface area contributed by atoms with E-state index in [1.54, 1.807) is 13.0 Å². The van der Waals surface area contributed by atoms with Gasteiger partial charge in [-0.05, 0) is 31.5 Å². The van der Waals surface area contributed by atoms with E-state index < -0.39 is 10.8 Å². The number of nitro benzene ring substituents is 1. The molecule has 7 nitrogen and oxygen atoms in total. The molecule has 0 aliphatic carbocycles. The molecule has 0 unspecified atom stereocenters. The minimum Gasteiger partial charge on any atom is -0.306 e. The minimum atomic E-state index is -0.487. The van der Waals surface area contributed by atoms with Crippen molar-refractivity contribution in [2.45, 2.75) is 13.8 Å². The van der Waals surface area contributed by atoms with Gasteiger partial charge in [0.2, 0.25) is 0 Å². The van der Waals surface area contributed by atoms with E-state index in [-0.39, 0.29) is 11.3 Å². The monoisotopic (exact) mass is 386 g/mol. The molecule has 4 rings (SSSR count). The van der Waals surface area contributed by atoms with E-state index in [0.717, 1.165) is 16.8 Å². The Balaban J connectivity index is 1.84. The highest BCUT2D eigenvalue weighted by Gasteiger charge is 2.22. The van der Waals surface area contributed by atoms with Crippen LogP contribution in [0.4, 0.5) is 11.5 Å². The van der Waals surface area contributed by atoms with E-state index in [1.807, 2.05) is 60.0 Å². The van der Waals surface area contributed by atoms with Crippen LogP contribution in [0.5, 0.6) is 0 Å². The van der Waals surface area contributed by atoms with Crippen LogP contribution in [0.15, 0.2) is 66.9 Å². The highest BCUT2D eigenvalue weighted by molar-refractivity contribution is 6.07. The lowest BCUT2D eigenvalue weighted by atomic mass is 10.1. The molecule has 0 aliphatic rings. The number of aromatic nitrogens is 2. The molecule has 2 heterocycles. The number of nitro groups is 1. The summed E-state index contributed by atoms with van der Waals surface area (Å²) in [5.74, 6) is 0.0949. The fourth-order valence-electron chi connectivity index (χ4n) is 3.36. The zero-order chi connectivity index (χ0) is 20.5. The molecule has 0 atom stereocenters. The molecule has 0 bridgehead atoms. The number of carbonyl (C=O) groups is 1. The first-order valence-corrected chi connectivity index (χ1v) is 9.06. The van der Waals surface area contributed by atoms with Crippen LogP contribution in [-0.4, -0.2) is 20.2 Å². The van der Waals surface area contributed by atoms with Crippen LogP contribution in [0, 0.1) is 24.0 Å². The van der Waals surface area contributed by atoms with Crippen molar-refractivity contribution in [3.8, 4) is 11.3 Å². The minimum absolute atomic E-state index is 0.0880. The van der Waals surface area contributed by atoms with Crippen molar-refractivity contribution in [2.75, 3.05) is 5.32 Å². The number of amides is 1. The summed E-state index contributed by atoms with van der Waals surface area (Å²) in [6, 6.07) is 17.9. The SMILES string of the molecule is Cc1c(C(=O)Nc2c(-c3ccccc3)nc3c(C)cccn23)cccc1[N+](=O)[O-]. The van der Waals surface area contributed by atoms with Crippen LogP contribution in [0.2, 0.25) is 0 Å². The molecular formula is C22H18N4O3. The Bertz CT molecular complexity index is 1250. The van der Waals surface area contributed by atoms with Gasteiger partial charge < -0.3 is 5.32 Å². The molecule has 0 radical (unpaired) electrons. The molecular weight excluding hydrogens is 368 g/mol. The third kappa shape index (κ3) is 3.23. The van der Waals surface area contributed by atoms with Crippen molar-refractivity contribution >= 4 is 23.1 Å². The quantitative estimate of drug-likeness (QED) is 0.404. The van der Waals surface area contributed by atoms with Gasteiger partial charge in [0.05, 0.1) is 4.92 Å². The van der Waals surface area contributed by atoms with Gasteiger partial charge in [0.1, 0.15) is 17.2 Å². The first-order valence-electron chi connectivity index (χ1n) is 9.06. The zero-order valence-electron chi connectivity index (χ0n) is 15.9. The van der Waals surface area contributed by atoms with Crippen molar-refractivity contribution in [3.63, 3.8) is 0 Å². The smallest absolute Gasteiger partial charge is 0.273 e. The largest absolute Gasteiger partial charge is 0.306 e. The van der Waals surface area contributed by atoms with Gasteiger partial charge in [0.15, 0.2) is 0 Å². The predicted octanol–water partition coefficient (Wildman–Crippen LogP) is 4.78. The van der Waals surface area contributed by atoms with Crippen molar-refractivity contribution in [1.29, 1.82) is 0 Å². The lowest BCUT2D eigenvalue weighted by molar-refractivity contribution is -0.385. The highest BCUT2D eigenvalue weighted by atomic mass is 16.6. The summed E-state index contributed by atoms with van der Waals surface area (Å²) in [6.07, 6.45) is 1.83. The number of nitrogens with zero attached hydrogens (tertiary/aromatic N) is 3. The second-order valence-corrected chi connectivity index (χ2v) is 6.72. The number of hydrogen-bond donors (Lipinski definition) is 1. The van der Waals surface area contributed by atoms with Gasteiger partial charge in [-0.2, -0.15) is 0 Å². The van der Waals surface area contributed by atoms with E-state index in [9.17, 15) is 14.9 Å².